The smallest absolute Gasteiger partial charge is 0.184 e. The fourth-order valence-electron chi connectivity index (χ4n) is 4.12. The molecule has 158 valence electrons. The number of thiazole rings is 1. The summed E-state index contributed by atoms with van der Waals surface area (Å²) in [5, 5.41) is 4.65. The number of fused-ring (bicyclic) bond motifs is 1. The Kier molecular flexibility index (Phi) is 5.84. The summed E-state index contributed by atoms with van der Waals surface area (Å²) in [5.74, 6) is 0. The fraction of sp³-hybridized carbons (Fsp3) is 0.222. The van der Waals surface area contributed by atoms with E-state index >= 15 is 0 Å². The van der Waals surface area contributed by atoms with E-state index in [0.29, 0.717) is 0 Å². The lowest BCUT2D eigenvalue weighted by Gasteiger charge is -2.24. The van der Waals surface area contributed by atoms with Crippen molar-refractivity contribution in [2.24, 2.45) is 0 Å². The van der Waals surface area contributed by atoms with Crippen molar-refractivity contribution in [1.29, 1.82) is 0 Å². The molecule has 0 saturated carbocycles. The number of benzene rings is 1. The van der Waals surface area contributed by atoms with E-state index in [0.717, 1.165) is 40.6 Å². The van der Waals surface area contributed by atoms with E-state index < -0.39 is 0 Å². The predicted molar refractivity (Wildman–Crippen MR) is 137 cm³/mol. The molecule has 31 heavy (non-hydrogen) atoms. The van der Waals surface area contributed by atoms with E-state index in [1.54, 1.807) is 11.3 Å². The van der Waals surface area contributed by atoms with Gasteiger partial charge in [0.15, 0.2) is 5.13 Å². The molecular weight excluding hydrogens is 398 g/mol. The third-order valence-electron chi connectivity index (χ3n) is 5.94. The molecule has 0 amide bonds. The lowest BCUT2D eigenvalue weighted by molar-refractivity contribution is 0.554. The Bertz CT molecular complexity index is 1180. The maximum absolute atomic E-state index is 5.05. The van der Waals surface area contributed by atoms with Gasteiger partial charge in [-0.15, -0.1) is 0 Å². The Morgan fingerprint density at radius 3 is 2.23 bits per heavy atom. The molecule has 0 unspecified atom stereocenters. The Balaban J connectivity index is 1.90. The number of para-hydroxylation sites is 1. The van der Waals surface area contributed by atoms with Gasteiger partial charge in [0.25, 0.3) is 0 Å². The number of nitrogens with zero attached hydrogens (tertiary/aromatic N) is 2. The minimum Gasteiger partial charge on any atom is -0.356 e. The van der Waals surface area contributed by atoms with Gasteiger partial charge in [-0.25, -0.2) is 4.98 Å². The van der Waals surface area contributed by atoms with Crippen molar-refractivity contribution in [2.75, 3.05) is 5.32 Å². The summed E-state index contributed by atoms with van der Waals surface area (Å²) in [7, 11) is 0. The zero-order valence-corrected chi connectivity index (χ0v) is 19.3. The van der Waals surface area contributed by atoms with Crippen LogP contribution in [-0.4, -0.2) is 15.1 Å². The van der Waals surface area contributed by atoms with Crippen molar-refractivity contribution >= 4 is 38.8 Å². The van der Waals surface area contributed by atoms with Crippen LogP contribution >= 0.6 is 11.3 Å². The van der Waals surface area contributed by atoms with Gasteiger partial charge < -0.3 is 9.88 Å². The molecule has 2 aromatic heterocycles. The molecule has 0 saturated heterocycles. The number of hydrogen-bond acceptors (Lipinski definition) is 3. The first-order valence-corrected chi connectivity index (χ1v) is 11.4. The van der Waals surface area contributed by atoms with Crippen LogP contribution in [-0.2, 0) is 0 Å². The summed E-state index contributed by atoms with van der Waals surface area (Å²) in [6, 6.07) is 6.42. The number of nitrogens with one attached hydrogen (secondary N) is 1. The molecule has 1 aromatic carbocycles. The van der Waals surface area contributed by atoms with Crippen LogP contribution in [0, 0.1) is 13.8 Å². The molecule has 2 heterocycles. The highest BCUT2D eigenvalue weighted by atomic mass is 32.1. The number of anilines is 1. The highest BCUT2D eigenvalue weighted by Crippen LogP contribution is 2.37. The second-order valence-corrected chi connectivity index (χ2v) is 9.28. The normalized spacial score (nSPS) is 15.5. The van der Waals surface area contributed by atoms with Crippen molar-refractivity contribution < 1.29 is 0 Å². The van der Waals surface area contributed by atoms with E-state index in [1.165, 1.54) is 15.8 Å². The average molecular weight is 428 g/mol. The Labute approximate surface area is 188 Å². The lowest BCUT2D eigenvalue weighted by atomic mass is 10.0. The van der Waals surface area contributed by atoms with E-state index in [2.05, 4.69) is 86.3 Å². The Morgan fingerprint density at radius 1 is 1.03 bits per heavy atom. The summed E-state index contributed by atoms with van der Waals surface area (Å²) >= 11 is 1.72. The predicted octanol–water partition coefficient (Wildman–Crippen LogP) is 7.62. The third kappa shape index (κ3) is 3.96. The van der Waals surface area contributed by atoms with Crippen molar-refractivity contribution in [1.82, 2.24) is 9.55 Å². The number of hydrogen-bond donors (Lipinski definition) is 1. The standard InChI is InChI=1S/C27H29N3S/c1-6-8-13-21-19(3)20(4)22(14-9-7-2)30(21)23-15-12-16-24-25(23)28-26(31-24)29-27(5)17-10-11-18-27/h6-16H,1-2,17-18H2,3-5H3,(H,28,29)/b13-8-,14-9-. The van der Waals surface area contributed by atoms with Crippen LogP contribution in [0.25, 0.3) is 28.1 Å². The monoisotopic (exact) mass is 427 g/mol. The van der Waals surface area contributed by atoms with Crippen LogP contribution in [0.3, 0.4) is 0 Å². The molecule has 0 bridgehead atoms. The van der Waals surface area contributed by atoms with E-state index in [9.17, 15) is 0 Å². The summed E-state index contributed by atoms with van der Waals surface area (Å²) < 4.78 is 3.48. The minimum absolute atomic E-state index is 0.0460. The topological polar surface area (TPSA) is 29.9 Å². The second-order valence-electron chi connectivity index (χ2n) is 8.25. The van der Waals surface area contributed by atoms with Gasteiger partial charge in [-0.2, -0.15) is 0 Å². The van der Waals surface area contributed by atoms with Crippen LogP contribution in [0.1, 0.15) is 42.3 Å². The van der Waals surface area contributed by atoms with E-state index in [-0.39, 0.29) is 5.54 Å². The average Bonchev–Trinajstić information content (AvgIpc) is 3.42. The van der Waals surface area contributed by atoms with Gasteiger partial charge in [0, 0.05) is 16.9 Å². The zero-order valence-electron chi connectivity index (χ0n) is 18.5. The van der Waals surface area contributed by atoms with Crippen LogP contribution < -0.4 is 5.32 Å². The van der Waals surface area contributed by atoms with E-state index in [4.69, 9.17) is 4.98 Å². The molecule has 0 spiro atoms. The first-order chi connectivity index (χ1) is 15.0. The quantitative estimate of drug-likeness (QED) is 0.310. The summed E-state index contributed by atoms with van der Waals surface area (Å²) in [4.78, 5) is 5.05. The molecule has 0 atom stereocenters. The lowest BCUT2D eigenvalue weighted by Crippen LogP contribution is -2.31. The highest BCUT2D eigenvalue weighted by molar-refractivity contribution is 7.22. The summed E-state index contributed by atoms with van der Waals surface area (Å²) in [6.07, 6.45) is 18.4. The maximum Gasteiger partial charge on any atom is 0.184 e. The largest absolute Gasteiger partial charge is 0.356 e. The molecule has 1 aliphatic rings. The molecule has 0 aliphatic heterocycles. The van der Waals surface area contributed by atoms with Crippen LogP contribution in [0.4, 0.5) is 5.13 Å². The number of aromatic nitrogens is 2. The molecule has 1 aliphatic carbocycles. The van der Waals surface area contributed by atoms with Crippen molar-refractivity contribution in [3.63, 3.8) is 0 Å². The van der Waals surface area contributed by atoms with E-state index in [1.807, 2.05) is 24.3 Å². The molecular formula is C27H29N3S. The Morgan fingerprint density at radius 2 is 1.65 bits per heavy atom. The minimum atomic E-state index is 0.0460. The summed E-state index contributed by atoms with van der Waals surface area (Å²) in [5.41, 5.74) is 6.92. The summed E-state index contributed by atoms with van der Waals surface area (Å²) in [6.45, 7) is 14.3. The van der Waals surface area contributed by atoms with Crippen LogP contribution in [0.15, 0.2) is 67.8 Å². The molecule has 3 aromatic rings. The third-order valence-corrected chi connectivity index (χ3v) is 6.88. The molecule has 0 radical (unpaired) electrons. The maximum atomic E-state index is 5.05. The van der Waals surface area contributed by atoms with Gasteiger partial charge in [0.2, 0.25) is 0 Å². The Hall–Kier alpha value is -3.11. The van der Waals surface area contributed by atoms with Crippen molar-refractivity contribution in [3.05, 3.63) is 90.3 Å². The van der Waals surface area contributed by atoms with Crippen molar-refractivity contribution in [2.45, 2.75) is 39.2 Å². The second kappa shape index (κ2) is 8.56. The van der Waals surface area contributed by atoms with Gasteiger partial charge in [-0.3, -0.25) is 0 Å². The molecule has 3 nitrogen and oxygen atoms in total. The molecule has 1 N–H and O–H groups in total. The number of rotatable bonds is 7. The molecule has 4 heteroatoms. The SMILES string of the molecule is C=C/C=C\c1c(C)c(C)c(/C=C\C=C)n1-c1cccc2sc(NC3(C)CC=CC3)nc12. The highest BCUT2D eigenvalue weighted by Gasteiger charge is 2.26. The zero-order chi connectivity index (χ0) is 22.0. The van der Waals surface area contributed by atoms with Gasteiger partial charge in [-0.05, 0) is 69.0 Å². The van der Waals surface area contributed by atoms with Crippen LogP contribution in [0.5, 0.6) is 0 Å². The van der Waals surface area contributed by atoms with Gasteiger partial charge in [-0.1, -0.05) is 67.0 Å². The van der Waals surface area contributed by atoms with Crippen LogP contribution in [0.2, 0.25) is 0 Å². The van der Waals surface area contributed by atoms with Gasteiger partial charge in [0.1, 0.15) is 5.52 Å². The first-order valence-electron chi connectivity index (χ1n) is 10.6. The van der Waals surface area contributed by atoms with Gasteiger partial charge >= 0.3 is 0 Å². The molecule has 0 fully saturated rings. The fourth-order valence-corrected chi connectivity index (χ4v) is 5.16. The van der Waals surface area contributed by atoms with Crippen molar-refractivity contribution in [3.8, 4) is 5.69 Å². The first kappa shape index (κ1) is 21.1. The van der Waals surface area contributed by atoms with Gasteiger partial charge in [0.05, 0.1) is 10.4 Å². The molecule has 4 rings (SSSR count). The number of allylic oxidation sites excluding steroid dienone is 4.